The third-order valence-corrected chi connectivity index (χ3v) is 8.17. The molecule has 2 saturated heterocycles. The first-order chi connectivity index (χ1) is 16.4. The molecule has 2 atom stereocenters. The molecule has 174 valence electrons. The summed E-state index contributed by atoms with van der Waals surface area (Å²) in [7, 11) is -3.53. The Hall–Kier alpha value is -3.30. The number of nitrogens with one attached hydrogen (secondary N) is 1. The second kappa shape index (κ2) is 7.89. The summed E-state index contributed by atoms with van der Waals surface area (Å²) in [4.78, 5) is 9.24. The predicted octanol–water partition coefficient (Wildman–Crippen LogP) is 3.44. The number of piperidine rings is 1. The SMILES string of the molecule is CS(=O)(=O)c1cnc2c(-c3ccc(-c4ccccc4)nc3)c(C3CC4CCC(C3)N4)nn2c1N. The fourth-order valence-electron chi connectivity index (χ4n) is 5.45. The Morgan fingerprint density at radius 2 is 1.71 bits per heavy atom. The van der Waals surface area contributed by atoms with Crippen LogP contribution in [0.25, 0.3) is 28.0 Å². The van der Waals surface area contributed by atoms with Crippen LogP contribution < -0.4 is 11.1 Å². The van der Waals surface area contributed by atoms with Gasteiger partial charge in [0.15, 0.2) is 15.5 Å². The Morgan fingerprint density at radius 3 is 2.35 bits per heavy atom. The van der Waals surface area contributed by atoms with Crippen LogP contribution in [0.4, 0.5) is 5.82 Å². The molecule has 0 spiro atoms. The number of rotatable bonds is 4. The van der Waals surface area contributed by atoms with Crippen molar-refractivity contribution in [1.29, 1.82) is 0 Å². The number of hydrogen-bond acceptors (Lipinski definition) is 7. The van der Waals surface area contributed by atoms with Crippen molar-refractivity contribution >= 4 is 21.3 Å². The third-order valence-electron chi connectivity index (χ3n) is 7.05. The fourth-order valence-corrected chi connectivity index (χ4v) is 6.16. The van der Waals surface area contributed by atoms with E-state index in [9.17, 15) is 8.42 Å². The molecule has 6 rings (SSSR count). The van der Waals surface area contributed by atoms with E-state index in [0.29, 0.717) is 17.7 Å². The minimum Gasteiger partial charge on any atom is -0.382 e. The smallest absolute Gasteiger partial charge is 0.180 e. The molecule has 0 amide bonds. The molecule has 1 aromatic carbocycles. The van der Waals surface area contributed by atoms with Crippen LogP contribution in [0.15, 0.2) is 59.8 Å². The molecule has 2 fully saturated rings. The van der Waals surface area contributed by atoms with Crippen LogP contribution in [0.5, 0.6) is 0 Å². The highest BCUT2D eigenvalue weighted by atomic mass is 32.2. The number of pyridine rings is 1. The molecule has 0 aliphatic carbocycles. The zero-order valence-electron chi connectivity index (χ0n) is 18.8. The van der Waals surface area contributed by atoms with Crippen LogP contribution in [0, 0.1) is 0 Å². The summed E-state index contributed by atoms with van der Waals surface area (Å²) in [5.74, 6) is 0.330. The topological polar surface area (TPSA) is 115 Å². The second-order valence-corrected chi connectivity index (χ2v) is 11.4. The molecule has 8 nitrogen and oxygen atoms in total. The normalized spacial score (nSPS) is 22.3. The Bertz CT molecular complexity index is 1470. The Kier molecular flexibility index (Phi) is 4.93. The van der Waals surface area contributed by atoms with E-state index in [2.05, 4.69) is 10.3 Å². The lowest BCUT2D eigenvalue weighted by Gasteiger charge is -2.28. The Morgan fingerprint density at radius 1 is 0.971 bits per heavy atom. The molecular weight excluding hydrogens is 448 g/mol. The summed E-state index contributed by atoms with van der Waals surface area (Å²) in [5.41, 5.74) is 11.5. The van der Waals surface area contributed by atoms with Gasteiger partial charge in [-0.2, -0.15) is 9.61 Å². The number of nitrogens with zero attached hydrogens (tertiary/aromatic N) is 4. The Labute approximate surface area is 198 Å². The highest BCUT2D eigenvalue weighted by Crippen LogP contribution is 2.42. The van der Waals surface area contributed by atoms with Crippen LogP contribution in [0.2, 0.25) is 0 Å². The first-order valence-electron chi connectivity index (χ1n) is 11.5. The van der Waals surface area contributed by atoms with Gasteiger partial charge >= 0.3 is 0 Å². The van der Waals surface area contributed by atoms with Gasteiger partial charge in [-0.05, 0) is 31.7 Å². The van der Waals surface area contributed by atoms with Gasteiger partial charge < -0.3 is 11.1 Å². The molecule has 34 heavy (non-hydrogen) atoms. The van der Waals surface area contributed by atoms with Gasteiger partial charge in [0.2, 0.25) is 0 Å². The van der Waals surface area contributed by atoms with Gasteiger partial charge in [0.05, 0.1) is 23.1 Å². The summed E-state index contributed by atoms with van der Waals surface area (Å²) in [6.07, 6.45) is 8.65. The van der Waals surface area contributed by atoms with Crippen molar-refractivity contribution in [3.05, 3.63) is 60.6 Å². The van der Waals surface area contributed by atoms with Crippen molar-refractivity contribution in [3.63, 3.8) is 0 Å². The van der Waals surface area contributed by atoms with E-state index < -0.39 is 9.84 Å². The van der Waals surface area contributed by atoms with Gasteiger partial charge in [-0.3, -0.25) is 4.98 Å². The first-order valence-corrected chi connectivity index (χ1v) is 13.4. The molecule has 2 aliphatic rings. The lowest BCUT2D eigenvalue weighted by Crippen LogP contribution is -2.37. The lowest BCUT2D eigenvalue weighted by molar-refractivity contribution is 0.359. The highest BCUT2D eigenvalue weighted by molar-refractivity contribution is 7.90. The number of benzene rings is 1. The highest BCUT2D eigenvalue weighted by Gasteiger charge is 2.37. The minimum atomic E-state index is -3.53. The number of nitrogen functional groups attached to an aromatic ring is 1. The maximum absolute atomic E-state index is 12.2. The summed E-state index contributed by atoms with van der Waals surface area (Å²) < 4.78 is 26.0. The maximum atomic E-state index is 12.2. The molecular formula is C25H26N6O2S. The van der Waals surface area contributed by atoms with Crippen LogP contribution in [-0.2, 0) is 9.84 Å². The zero-order valence-corrected chi connectivity index (χ0v) is 19.7. The van der Waals surface area contributed by atoms with Gasteiger partial charge in [-0.1, -0.05) is 36.4 Å². The number of nitrogens with two attached hydrogens (primary N) is 1. The lowest BCUT2D eigenvalue weighted by atomic mass is 9.86. The number of aromatic nitrogens is 4. The van der Waals surface area contributed by atoms with E-state index >= 15 is 0 Å². The third kappa shape index (κ3) is 3.56. The molecule has 3 aromatic heterocycles. The Balaban J connectivity index is 1.52. The summed E-state index contributed by atoms with van der Waals surface area (Å²) >= 11 is 0. The summed E-state index contributed by atoms with van der Waals surface area (Å²) in [6.45, 7) is 0. The van der Waals surface area contributed by atoms with Crippen molar-refractivity contribution in [2.45, 2.75) is 48.6 Å². The standard InChI is InChI=1S/C25H26N6O2S/c1-34(32,33)21-14-28-25-22(16-7-10-20(27-13-16)15-5-3-2-4-6-15)23(30-31(25)24(21)26)17-11-18-8-9-19(12-17)29-18/h2-7,10,13-14,17-19,29H,8-9,11-12,26H2,1H3. The molecule has 3 N–H and O–H groups in total. The summed E-state index contributed by atoms with van der Waals surface area (Å²) in [5, 5.41) is 8.56. The quantitative estimate of drug-likeness (QED) is 0.465. The monoisotopic (exact) mass is 474 g/mol. The summed E-state index contributed by atoms with van der Waals surface area (Å²) in [6, 6.07) is 15.0. The van der Waals surface area contributed by atoms with Crippen molar-refractivity contribution in [1.82, 2.24) is 24.9 Å². The number of fused-ring (bicyclic) bond motifs is 3. The molecule has 2 bridgehead atoms. The molecule has 4 aromatic rings. The first kappa shape index (κ1) is 21.2. The fraction of sp³-hybridized carbons (Fsp3) is 0.320. The number of sulfone groups is 1. The number of hydrogen-bond donors (Lipinski definition) is 2. The molecule has 2 aliphatic heterocycles. The van der Waals surface area contributed by atoms with E-state index in [4.69, 9.17) is 15.8 Å². The molecule has 9 heteroatoms. The van der Waals surface area contributed by atoms with E-state index in [-0.39, 0.29) is 16.6 Å². The van der Waals surface area contributed by atoms with Gasteiger partial charge in [0, 0.05) is 41.6 Å². The minimum absolute atomic E-state index is 0.0106. The second-order valence-electron chi connectivity index (χ2n) is 9.38. The van der Waals surface area contributed by atoms with Crippen molar-refractivity contribution in [2.24, 2.45) is 0 Å². The van der Waals surface area contributed by atoms with E-state index in [0.717, 1.165) is 47.2 Å². The molecule has 5 heterocycles. The van der Waals surface area contributed by atoms with Crippen molar-refractivity contribution in [3.8, 4) is 22.4 Å². The van der Waals surface area contributed by atoms with E-state index in [1.54, 1.807) is 0 Å². The van der Waals surface area contributed by atoms with Crippen LogP contribution in [-0.4, -0.2) is 46.3 Å². The zero-order chi connectivity index (χ0) is 23.4. The predicted molar refractivity (Wildman–Crippen MR) is 131 cm³/mol. The molecule has 0 radical (unpaired) electrons. The molecule has 2 unspecified atom stereocenters. The van der Waals surface area contributed by atoms with Crippen molar-refractivity contribution < 1.29 is 8.42 Å². The van der Waals surface area contributed by atoms with Crippen molar-refractivity contribution in [2.75, 3.05) is 12.0 Å². The van der Waals surface area contributed by atoms with Gasteiger partial charge in [-0.15, -0.1) is 0 Å². The average Bonchev–Trinajstić information content (AvgIpc) is 3.39. The largest absolute Gasteiger partial charge is 0.382 e. The molecule has 0 saturated carbocycles. The van der Waals surface area contributed by atoms with Gasteiger partial charge in [0.1, 0.15) is 10.7 Å². The van der Waals surface area contributed by atoms with Crippen LogP contribution in [0.1, 0.15) is 37.3 Å². The average molecular weight is 475 g/mol. The van der Waals surface area contributed by atoms with E-state index in [1.807, 2.05) is 48.7 Å². The van der Waals surface area contributed by atoms with Crippen LogP contribution >= 0.6 is 0 Å². The van der Waals surface area contributed by atoms with Gasteiger partial charge in [0.25, 0.3) is 0 Å². The number of anilines is 1. The maximum Gasteiger partial charge on any atom is 0.180 e. The van der Waals surface area contributed by atoms with Crippen LogP contribution in [0.3, 0.4) is 0 Å². The van der Waals surface area contributed by atoms with E-state index in [1.165, 1.54) is 23.6 Å². The van der Waals surface area contributed by atoms with Gasteiger partial charge in [-0.25, -0.2) is 13.4 Å².